The second kappa shape index (κ2) is 6.80. The lowest BCUT2D eigenvalue weighted by Crippen LogP contribution is -2.63. The van der Waals surface area contributed by atoms with Crippen LogP contribution in [-0.4, -0.2) is 56.8 Å². The number of piperazine rings is 1. The largest absolute Gasteiger partial charge is 0.465 e. The van der Waals surface area contributed by atoms with Crippen LogP contribution in [0.1, 0.15) is 11.1 Å². The second-order valence-corrected chi connectivity index (χ2v) is 6.07. The molecule has 1 saturated heterocycles. The van der Waals surface area contributed by atoms with Crippen molar-refractivity contribution in [3.8, 4) is 0 Å². The van der Waals surface area contributed by atoms with Crippen LogP contribution in [0.5, 0.6) is 0 Å². The maximum absolute atomic E-state index is 11.9. The molecule has 0 radical (unpaired) electrons. The summed E-state index contributed by atoms with van der Waals surface area (Å²) in [6.45, 7) is 0.330. The van der Waals surface area contributed by atoms with E-state index in [1.54, 1.807) is 24.5 Å². The van der Waals surface area contributed by atoms with Crippen LogP contribution in [0.4, 0.5) is 9.59 Å². The van der Waals surface area contributed by atoms with Gasteiger partial charge in [-0.25, -0.2) is 9.59 Å². The molecule has 1 fully saturated rings. The SMILES string of the molecule is O=C(O)N1CCN(C(=O)O)C(Cc2ccccc2)(c2cccnc2)C1. The van der Waals surface area contributed by atoms with Crippen LogP contribution < -0.4 is 0 Å². The molecule has 1 aliphatic rings. The van der Waals surface area contributed by atoms with Crippen molar-refractivity contribution in [3.63, 3.8) is 0 Å². The topological polar surface area (TPSA) is 94.0 Å². The fourth-order valence-corrected chi connectivity index (χ4v) is 3.43. The Balaban J connectivity index is 2.12. The minimum absolute atomic E-state index is 0.0647. The molecule has 1 atom stereocenters. The molecule has 1 aromatic heterocycles. The number of hydrogen-bond donors (Lipinski definition) is 2. The van der Waals surface area contributed by atoms with Gasteiger partial charge in [-0.05, 0) is 17.2 Å². The van der Waals surface area contributed by atoms with Crippen LogP contribution in [0.25, 0.3) is 0 Å². The average molecular weight is 341 g/mol. The number of amides is 2. The van der Waals surface area contributed by atoms with Gasteiger partial charge in [-0.2, -0.15) is 0 Å². The summed E-state index contributed by atoms with van der Waals surface area (Å²) in [7, 11) is 0. The summed E-state index contributed by atoms with van der Waals surface area (Å²) >= 11 is 0. The molecule has 7 heteroatoms. The van der Waals surface area contributed by atoms with Gasteiger partial charge in [0.15, 0.2) is 0 Å². The van der Waals surface area contributed by atoms with Gasteiger partial charge in [0.1, 0.15) is 0 Å². The van der Waals surface area contributed by atoms with Crippen LogP contribution in [0.3, 0.4) is 0 Å². The summed E-state index contributed by atoms with van der Waals surface area (Å²) in [5.74, 6) is 0. The van der Waals surface area contributed by atoms with E-state index in [0.717, 1.165) is 5.56 Å². The molecule has 25 heavy (non-hydrogen) atoms. The van der Waals surface area contributed by atoms with Gasteiger partial charge in [0, 0.05) is 31.9 Å². The molecule has 0 bridgehead atoms. The number of nitrogens with zero attached hydrogens (tertiary/aromatic N) is 3. The van der Waals surface area contributed by atoms with E-state index in [9.17, 15) is 19.8 Å². The molecule has 1 aliphatic heterocycles. The molecule has 2 amide bonds. The number of hydrogen-bond acceptors (Lipinski definition) is 3. The fourth-order valence-electron chi connectivity index (χ4n) is 3.43. The molecule has 1 unspecified atom stereocenters. The number of carbonyl (C=O) groups is 2. The predicted octanol–water partition coefficient (Wildman–Crippen LogP) is 2.49. The fraction of sp³-hybridized carbons (Fsp3) is 0.278. The zero-order chi connectivity index (χ0) is 17.9. The van der Waals surface area contributed by atoms with E-state index in [0.29, 0.717) is 12.0 Å². The molecule has 2 N–H and O–H groups in total. The Kier molecular flexibility index (Phi) is 4.56. The third-order valence-electron chi connectivity index (χ3n) is 4.60. The first-order chi connectivity index (χ1) is 12.0. The van der Waals surface area contributed by atoms with Crippen molar-refractivity contribution < 1.29 is 19.8 Å². The molecule has 2 heterocycles. The predicted molar refractivity (Wildman–Crippen MR) is 90.4 cm³/mol. The van der Waals surface area contributed by atoms with Crippen molar-refractivity contribution in [2.75, 3.05) is 19.6 Å². The van der Waals surface area contributed by atoms with Crippen molar-refractivity contribution in [1.29, 1.82) is 0 Å². The van der Waals surface area contributed by atoms with E-state index in [4.69, 9.17) is 0 Å². The number of benzene rings is 1. The Labute approximate surface area is 145 Å². The molecule has 1 aromatic carbocycles. The van der Waals surface area contributed by atoms with E-state index in [1.807, 2.05) is 30.3 Å². The maximum atomic E-state index is 11.9. The molecule has 2 aromatic rings. The Morgan fingerprint density at radius 2 is 1.80 bits per heavy atom. The quantitative estimate of drug-likeness (QED) is 0.894. The van der Waals surface area contributed by atoms with Gasteiger partial charge >= 0.3 is 12.2 Å². The molecule has 3 rings (SSSR count). The van der Waals surface area contributed by atoms with Gasteiger partial charge < -0.3 is 15.1 Å². The van der Waals surface area contributed by atoms with Crippen LogP contribution in [-0.2, 0) is 12.0 Å². The summed E-state index contributed by atoms with van der Waals surface area (Å²) in [6, 6.07) is 13.0. The maximum Gasteiger partial charge on any atom is 0.408 e. The van der Waals surface area contributed by atoms with Crippen molar-refractivity contribution in [1.82, 2.24) is 14.8 Å². The Morgan fingerprint density at radius 3 is 2.40 bits per heavy atom. The first-order valence-electron chi connectivity index (χ1n) is 7.96. The highest BCUT2D eigenvalue weighted by Crippen LogP contribution is 2.36. The number of carboxylic acid groups (broad SMARTS) is 2. The highest BCUT2D eigenvalue weighted by molar-refractivity contribution is 5.69. The van der Waals surface area contributed by atoms with Gasteiger partial charge in [-0.3, -0.25) is 9.88 Å². The van der Waals surface area contributed by atoms with Gasteiger partial charge in [0.05, 0.1) is 12.1 Å². The van der Waals surface area contributed by atoms with Crippen LogP contribution in [0.2, 0.25) is 0 Å². The number of pyridine rings is 1. The molecule has 0 saturated carbocycles. The zero-order valence-corrected chi connectivity index (χ0v) is 13.6. The Bertz CT molecular complexity index is 753. The lowest BCUT2D eigenvalue weighted by atomic mass is 9.81. The Hall–Kier alpha value is -3.09. The molecule has 130 valence electrons. The lowest BCUT2D eigenvalue weighted by molar-refractivity contribution is 0.00676. The molecule has 0 spiro atoms. The highest BCUT2D eigenvalue weighted by Gasteiger charge is 2.47. The van der Waals surface area contributed by atoms with Crippen LogP contribution >= 0.6 is 0 Å². The average Bonchev–Trinajstić information content (AvgIpc) is 2.63. The second-order valence-electron chi connectivity index (χ2n) is 6.07. The minimum Gasteiger partial charge on any atom is -0.465 e. The summed E-state index contributed by atoms with van der Waals surface area (Å²) in [4.78, 5) is 30.2. The summed E-state index contributed by atoms with van der Waals surface area (Å²) in [5.41, 5.74) is 0.606. The molecule has 0 aliphatic carbocycles. The minimum atomic E-state index is -1.06. The van der Waals surface area contributed by atoms with E-state index in [2.05, 4.69) is 4.98 Å². The lowest BCUT2D eigenvalue weighted by Gasteiger charge is -2.49. The van der Waals surface area contributed by atoms with Crippen LogP contribution in [0.15, 0.2) is 54.9 Å². The standard InChI is InChI=1S/C18H19N3O4/c22-16(23)20-9-10-21(17(24)25)18(13-20,15-7-4-8-19-12-15)11-14-5-2-1-3-6-14/h1-8,12H,9-11,13H2,(H,22,23)(H,24,25). The molecular formula is C18H19N3O4. The van der Waals surface area contributed by atoms with Gasteiger partial charge in [-0.1, -0.05) is 36.4 Å². The summed E-state index contributed by atoms with van der Waals surface area (Å²) < 4.78 is 0. The first kappa shape index (κ1) is 16.8. The van der Waals surface area contributed by atoms with Crippen molar-refractivity contribution in [3.05, 3.63) is 66.0 Å². The van der Waals surface area contributed by atoms with E-state index in [1.165, 1.54) is 9.80 Å². The van der Waals surface area contributed by atoms with Gasteiger partial charge in [0.2, 0.25) is 0 Å². The number of aromatic nitrogens is 1. The third-order valence-corrected chi connectivity index (χ3v) is 4.60. The first-order valence-corrected chi connectivity index (χ1v) is 7.96. The van der Waals surface area contributed by atoms with Gasteiger partial charge in [-0.15, -0.1) is 0 Å². The van der Waals surface area contributed by atoms with Crippen molar-refractivity contribution >= 4 is 12.2 Å². The summed E-state index contributed by atoms with van der Waals surface area (Å²) in [5, 5.41) is 19.2. The summed E-state index contributed by atoms with van der Waals surface area (Å²) in [6.07, 6.45) is 1.49. The normalized spacial score (nSPS) is 20.3. The smallest absolute Gasteiger partial charge is 0.408 e. The van der Waals surface area contributed by atoms with E-state index >= 15 is 0 Å². The zero-order valence-electron chi connectivity index (χ0n) is 13.6. The molecular weight excluding hydrogens is 322 g/mol. The Morgan fingerprint density at radius 1 is 1.04 bits per heavy atom. The number of rotatable bonds is 3. The van der Waals surface area contributed by atoms with Crippen molar-refractivity contribution in [2.24, 2.45) is 0 Å². The third kappa shape index (κ3) is 3.26. The van der Waals surface area contributed by atoms with Crippen molar-refractivity contribution in [2.45, 2.75) is 12.0 Å². The van der Waals surface area contributed by atoms with E-state index in [-0.39, 0.29) is 19.6 Å². The van der Waals surface area contributed by atoms with Crippen LogP contribution in [0, 0.1) is 0 Å². The highest BCUT2D eigenvalue weighted by atomic mass is 16.4. The molecule has 7 nitrogen and oxygen atoms in total. The van der Waals surface area contributed by atoms with Gasteiger partial charge in [0.25, 0.3) is 0 Å². The monoisotopic (exact) mass is 341 g/mol. The van der Waals surface area contributed by atoms with E-state index < -0.39 is 17.7 Å².